The second kappa shape index (κ2) is 10.5. The Morgan fingerprint density at radius 3 is 2.79 bits per heavy atom. The number of nitrogens with zero attached hydrogens (tertiary/aromatic N) is 1. The first-order chi connectivity index (χ1) is 13.3. The molecule has 0 radical (unpaired) electrons. The number of rotatable bonds is 7. The van der Waals surface area contributed by atoms with Crippen LogP contribution >= 0.6 is 0 Å². The summed E-state index contributed by atoms with van der Waals surface area (Å²) in [6.45, 7) is 10.3. The van der Waals surface area contributed by atoms with Crippen LogP contribution in [0.4, 0.5) is 5.69 Å². The molecule has 0 saturated carbocycles. The Labute approximate surface area is 169 Å². The molecule has 1 aliphatic rings. The smallest absolute Gasteiger partial charge is 0.253 e. The van der Waals surface area contributed by atoms with Gasteiger partial charge < -0.3 is 20.7 Å². The molecule has 1 aromatic rings. The summed E-state index contributed by atoms with van der Waals surface area (Å²) in [6, 6.07) is 8.21. The standard InChI is InChI=1S/C22H36N4O2/c1-16(11-12-22(2,3)4)25-21(23-5)24-15-17-8-6-9-18(14-17)26-20(27)19-10-7-13-28-19/h6,8-9,14,16,19H,7,10-13,15H2,1-5H3,(H,26,27)(H2,23,24,25). The molecule has 1 aromatic carbocycles. The number of aliphatic imine (C=N–C) groups is 1. The van der Waals surface area contributed by atoms with Gasteiger partial charge in [0.1, 0.15) is 6.10 Å². The van der Waals surface area contributed by atoms with E-state index >= 15 is 0 Å². The minimum Gasteiger partial charge on any atom is -0.368 e. The van der Waals surface area contributed by atoms with E-state index in [4.69, 9.17) is 4.74 Å². The molecule has 28 heavy (non-hydrogen) atoms. The topological polar surface area (TPSA) is 74.8 Å². The summed E-state index contributed by atoms with van der Waals surface area (Å²) >= 11 is 0. The number of hydrogen-bond acceptors (Lipinski definition) is 3. The predicted molar refractivity (Wildman–Crippen MR) is 116 cm³/mol. The van der Waals surface area contributed by atoms with Crippen LogP contribution in [0.5, 0.6) is 0 Å². The Morgan fingerprint density at radius 1 is 1.36 bits per heavy atom. The van der Waals surface area contributed by atoms with Crippen molar-refractivity contribution in [1.82, 2.24) is 10.6 Å². The molecule has 2 rings (SSSR count). The number of nitrogens with one attached hydrogen (secondary N) is 3. The highest BCUT2D eigenvalue weighted by atomic mass is 16.5. The summed E-state index contributed by atoms with van der Waals surface area (Å²) in [6.07, 6.45) is 3.67. The highest BCUT2D eigenvalue weighted by Gasteiger charge is 2.23. The van der Waals surface area contributed by atoms with Gasteiger partial charge in [-0.1, -0.05) is 32.9 Å². The highest BCUT2D eigenvalue weighted by molar-refractivity contribution is 5.94. The number of guanidine groups is 1. The molecule has 0 spiro atoms. The van der Waals surface area contributed by atoms with Crippen LogP contribution < -0.4 is 16.0 Å². The lowest BCUT2D eigenvalue weighted by molar-refractivity contribution is -0.124. The van der Waals surface area contributed by atoms with Crippen LogP contribution in [-0.2, 0) is 16.1 Å². The lowest BCUT2D eigenvalue weighted by Crippen LogP contribution is -2.42. The molecule has 0 aliphatic carbocycles. The summed E-state index contributed by atoms with van der Waals surface area (Å²) in [5.41, 5.74) is 2.21. The van der Waals surface area contributed by atoms with Crippen LogP contribution in [0.3, 0.4) is 0 Å². The average Bonchev–Trinajstić information content (AvgIpc) is 3.18. The minimum absolute atomic E-state index is 0.0623. The Morgan fingerprint density at radius 2 is 2.14 bits per heavy atom. The van der Waals surface area contributed by atoms with Crippen LogP contribution in [0.2, 0.25) is 0 Å². The van der Waals surface area contributed by atoms with Crippen molar-refractivity contribution in [2.24, 2.45) is 10.4 Å². The van der Waals surface area contributed by atoms with E-state index in [1.165, 1.54) is 0 Å². The molecule has 2 unspecified atom stereocenters. The lowest BCUT2D eigenvalue weighted by Gasteiger charge is -2.23. The fraction of sp³-hybridized carbons (Fsp3) is 0.636. The van der Waals surface area contributed by atoms with E-state index in [0.717, 1.165) is 42.9 Å². The Bertz CT molecular complexity index is 661. The quantitative estimate of drug-likeness (QED) is 0.492. The monoisotopic (exact) mass is 388 g/mol. The third-order valence-corrected chi connectivity index (χ3v) is 4.81. The van der Waals surface area contributed by atoms with Gasteiger partial charge in [-0.2, -0.15) is 0 Å². The largest absolute Gasteiger partial charge is 0.368 e. The van der Waals surface area contributed by atoms with Gasteiger partial charge in [0.15, 0.2) is 5.96 Å². The molecule has 6 heteroatoms. The molecule has 0 bridgehead atoms. The molecular weight excluding hydrogens is 352 g/mol. The first kappa shape index (κ1) is 22.2. The average molecular weight is 389 g/mol. The molecule has 156 valence electrons. The normalized spacial score (nSPS) is 18.6. The predicted octanol–water partition coefficient (Wildman–Crippen LogP) is 3.68. The van der Waals surface area contributed by atoms with Crippen molar-refractivity contribution in [3.63, 3.8) is 0 Å². The molecule has 0 aromatic heterocycles. The van der Waals surface area contributed by atoms with Crippen molar-refractivity contribution >= 4 is 17.6 Å². The zero-order chi connectivity index (χ0) is 20.6. The van der Waals surface area contributed by atoms with Crippen LogP contribution in [0.15, 0.2) is 29.3 Å². The summed E-state index contributed by atoms with van der Waals surface area (Å²) in [5.74, 6) is 0.725. The van der Waals surface area contributed by atoms with Crippen molar-refractivity contribution in [1.29, 1.82) is 0 Å². The zero-order valence-corrected chi connectivity index (χ0v) is 18.0. The first-order valence-corrected chi connectivity index (χ1v) is 10.3. The van der Waals surface area contributed by atoms with Gasteiger partial charge >= 0.3 is 0 Å². The van der Waals surface area contributed by atoms with E-state index in [-0.39, 0.29) is 12.0 Å². The van der Waals surface area contributed by atoms with Gasteiger partial charge in [0.25, 0.3) is 5.91 Å². The molecule has 1 fully saturated rings. The number of ether oxygens (including phenoxy) is 1. The number of hydrogen-bond donors (Lipinski definition) is 3. The van der Waals surface area contributed by atoms with Crippen molar-refractivity contribution in [2.45, 2.75) is 72.1 Å². The van der Waals surface area contributed by atoms with Crippen LogP contribution in [0.1, 0.15) is 58.9 Å². The van der Waals surface area contributed by atoms with E-state index in [1.807, 2.05) is 24.3 Å². The Balaban J connectivity index is 1.82. The summed E-state index contributed by atoms with van der Waals surface area (Å²) in [5, 5.41) is 9.75. The fourth-order valence-electron chi connectivity index (χ4n) is 3.10. The van der Waals surface area contributed by atoms with Crippen molar-refractivity contribution < 1.29 is 9.53 Å². The van der Waals surface area contributed by atoms with Gasteiger partial charge in [-0.3, -0.25) is 9.79 Å². The Kier molecular flexibility index (Phi) is 8.30. The summed E-state index contributed by atoms with van der Waals surface area (Å²) in [4.78, 5) is 16.5. The van der Waals surface area contributed by atoms with Gasteiger partial charge in [-0.05, 0) is 55.7 Å². The van der Waals surface area contributed by atoms with E-state index in [0.29, 0.717) is 24.6 Å². The first-order valence-electron chi connectivity index (χ1n) is 10.3. The van der Waals surface area contributed by atoms with Crippen molar-refractivity contribution in [3.05, 3.63) is 29.8 Å². The maximum absolute atomic E-state index is 12.2. The number of carbonyl (C=O) groups excluding carboxylic acids is 1. The maximum Gasteiger partial charge on any atom is 0.253 e. The second-order valence-electron chi connectivity index (χ2n) is 8.76. The molecule has 1 amide bonds. The zero-order valence-electron chi connectivity index (χ0n) is 18.0. The fourth-order valence-corrected chi connectivity index (χ4v) is 3.10. The highest BCUT2D eigenvalue weighted by Crippen LogP contribution is 2.21. The Hall–Kier alpha value is -2.08. The van der Waals surface area contributed by atoms with Gasteiger partial charge in [0.2, 0.25) is 0 Å². The van der Waals surface area contributed by atoms with E-state index in [9.17, 15) is 4.79 Å². The van der Waals surface area contributed by atoms with Crippen LogP contribution in [0.25, 0.3) is 0 Å². The SMILES string of the molecule is CN=C(NCc1cccc(NC(=O)C2CCCO2)c1)NC(C)CCC(C)(C)C. The number of anilines is 1. The minimum atomic E-state index is -0.320. The number of carbonyl (C=O) groups is 1. The van der Waals surface area contributed by atoms with E-state index in [1.54, 1.807) is 7.05 Å². The lowest BCUT2D eigenvalue weighted by atomic mass is 9.89. The second-order valence-corrected chi connectivity index (χ2v) is 8.76. The number of benzene rings is 1. The van der Waals surface area contributed by atoms with E-state index in [2.05, 4.69) is 48.6 Å². The summed E-state index contributed by atoms with van der Waals surface area (Å²) in [7, 11) is 1.78. The van der Waals surface area contributed by atoms with Crippen LogP contribution in [0, 0.1) is 5.41 Å². The van der Waals surface area contributed by atoms with Gasteiger partial charge in [0.05, 0.1) is 0 Å². The molecule has 2 atom stereocenters. The molecule has 1 saturated heterocycles. The van der Waals surface area contributed by atoms with E-state index < -0.39 is 0 Å². The molecule has 6 nitrogen and oxygen atoms in total. The third-order valence-electron chi connectivity index (χ3n) is 4.81. The molecule has 1 heterocycles. The van der Waals surface area contributed by atoms with Gasteiger partial charge in [-0.25, -0.2) is 0 Å². The summed E-state index contributed by atoms with van der Waals surface area (Å²) < 4.78 is 5.44. The molecular formula is C22H36N4O2. The van der Waals surface area contributed by atoms with Crippen molar-refractivity contribution in [2.75, 3.05) is 19.0 Å². The molecule has 1 aliphatic heterocycles. The van der Waals surface area contributed by atoms with Gasteiger partial charge in [-0.15, -0.1) is 0 Å². The number of amides is 1. The van der Waals surface area contributed by atoms with Gasteiger partial charge in [0, 0.05) is 31.9 Å². The van der Waals surface area contributed by atoms with Crippen LogP contribution in [-0.4, -0.2) is 37.7 Å². The maximum atomic E-state index is 12.2. The van der Waals surface area contributed by atoms with Crippen molar-refractivity contribution in [3.8, 4) is 0 Å². The third kappa shape index (κ3) is 7.89. The molecule has 3 N–H and O–H groups in total.